The molecule has 0 bridgehead atoms. The van der Waals surface area contributed by atoms with Crippen molar-refractivity contribution in [2.75, 3.05) is 0 Å². The minimum atomic E-state index is -1.56. The second-order valence-corrected chi connectivity index (χ2v) is 11.2. The minimum Gasteiger partial charge on any atom is -0.593 e. The van der Waals surface area contributed by atoms with Crippen LogP contribution in [0.1, 0.15) is 40.2 Å². The summed E-state index contributed by atoms with van der Waals surface area (Å²) < 4.78 is 27.7. The van der Waals surface area contributed by atoms with Crippen LogP contribution >= 0.6 is 27.3 Å². The van der Waals surface area contributed by atoms with E-state index in [1.54, 1.807) is 28.9 Å². The average Bonchev–Trinajstić information content (AvgIpc) is 3.39. The number of benzene rings is 2. The lowest BCUT2D eigenvalue weighted by Gasteiger charge is -2.09. The van der Waals surface area contributed by atoms with Gasteiger partial charge in [-0.3, -0.25) is 0 Å². The normalized spacial score (nSPS) is 14.3. The van der Waals surface area contributed by atoms with Crippen LogP contribution in [0.3, 0.4) is 0 Å². The van der Waals surface area contributed by atoms with E-state index in [1.165, 1.54) is 22.8 Å². The molecule has 0 aliphatic heterocycles. The molecule has 0 saturated heterocycles. The van der Waals surface area contributed by atoms with Crippen molar-refractivity contribution in [1.82, 2.24) is 14.8 Å². The quantitative estimate of drug-likeness (QED) is 0.282. The zero-order valence-electron chi connectivity index (χ0n) is 18.3. The lowest BCUT2D eigenvalue weighted by Crippen LogP contribution is -2.12. The number of carbonyl (C=O) groups is 1. The van der Waals surface area contributed by atoms with Gasteiger partial charge in [-0.1, -0.05) is 12.1 Å². The summed E-state index contributed by atoms with van der Waals surface area (Å²) in [6.07, 6.45) is 3.55. The number of rotatable bonds is 8. The second kappa shape index (κ2) is 9.82. The van der Waals surface area contributed by atoms with E-state index in [4.69, 9.17) is 10.2 Å². The summed E-state index contributed by atoms with van der Waals surface area (Å²) in [5.41, 5.74) is 4.28. The number of nitrogens with two attached hydrogens (primary N) is 1. The minimum absolute atomic E-state index is 0.0316. The summed E-state index contributed by atoms with van der Waals surface area (Å²) in [5, 5.41) is 21.7. The second-order valence-electron chi connectivity index (χ2n) is 8.40. The van der Waals surface area contributed by atoms with Crippen LogP contribution in [0.5, 0.6) is 0 Å². The third-order valence-electron chi connectivity index (χ3n) is 5.89. The van der Waals surface area contributed by atoms with Gasteiger partial charge in [0.05, 0.1) is 27.2 Å². The topological polar surface area (TPSA) is 117 Å². The molecule has 1 aliphatic carbocycles. The number of hydrogen-bond donors (Lipinski definition) is 2. The molecule has 1 fully saturated rings. The maximum atomic E-state index is 14.0. The molecular weight excluding hydrogens is 555 g/mol. The van der Waals surface area contributed by atoms with E-state index < -0.39 is 17.3 Å². The molecule has 4 aromatic rings. The molecule has 5 rings (SSSR count). The van der Waals surface area contributed by atoms with Crippen molar-refractivity contribution in [1.29, 1.82) is 0 Å². The van der Waals surface area contributed by atoms with Gasteiger partial charge in [-0.2, -0.15) is 5.10 Å². The number of thiazole rings is 1. The van der Waals surface area contributed by atoms with Crippen LogP contribution in [0.25, 0.3) is 16.4 Å². The zero-order chi connectivity index (χ0) is 24.7. The molecule has 11 heteroatoms. The Morgan fingerprint density at radius 1 is 1.29 bits per heavy atom. The van der Waals surface area contributed by atoms with Gasteiger partial charge in [0.2, 0.25) is 5.13 Å². The molecule has 1 aliphatic rings. The molecule has 7 nitrogen and oxygen atoms in total. The van der Waals surface area contributed by atoms with Crippen LogP contribution in [-0.4, -0.2) is 30.4 Å². The van der Waals surface area contributed by atoms with Crippen LogP contribution in [-0.2, 0) is 24.2 Å². The predicted octanol–water partition coefficient (Wildman–Crippen LogP) is 5.12. The summed E-state index contributed by atoms with van der Waals surface area (Å²) in [4.78, 5) is 16.3. The highest BCUT2D eigenvalue weighted by atomic mass is 79.9. The molecule has 0 amide bonds. The van der Waals surface area contributed by atoms with Crippen molar-refractivity contribution < 1.29 is 18.8 Å². The zero-order valence-corrected chi connectivity index (χ0v) is 21.5. The molecule has 2 heterocycles. The molecule has 2 aromatic heterocycles. The van der Waals surface area contributed by atoms with E-state index in [-0.39, 0.29) is 11.5 Å². The Labute approximate surface area is 216 Å². The van der Waals surface area contributed by atoms with Crippen molar-refractivity contribution >= 4 is 44.6 Å². The SMILES string of the molecule is N[S+]([O-])c1ccc(Cc2c(-c3ccc(F)c(Br)c3)nn(-c3nc(C(=O)O)cs3)c2CC2CC2)cc1. The van der Waals surface area contributed by atoms with Crippen LogP contribution < -0.4 is 5.14 Å². The fourth-order valence-corrected chi connectivity index (χ4v) is 5.47. The van der Waals surface area contributed by atoms with Crippen LogP contribution in [0.2, 0.25) is 0 Å². The van der Waals surface area contributed by atoms with Gasteiger partial charge in [-0.05, 0) is 77.0 Å². The van der Waals surface area contributed by atoms with Gasteiger partial charge in [-0.25, -0.2) is 18.9 Å². The highest BCUT2D eigenvalue weighted by Crippen LogP contribution is 2.38. The molecule has 180 valence electrons. The molecule has 1 saturated carbocycles. The summed E-state index contributed by atoms with van der Waals surface area (Å²) >= 11 is 2.93. The summed E-state index contributed by atoms with van der Waals surface area (Å²) in [6, 6.07) is 12.0. The Bertz CT molecular complexity index is 1400. The van der Waals surface area contributed by atoms with Gasteiger partial charge >= 0.3 is 5.97 Å². The Hall–Kier alpha value is -2.57. The van der Waals surface area contributed by atoms with E-state index in [2.05, 4.69) is 20.9 Å². The number of carboxylic acids is 1. The van der Waals surface area contributed by atoms with E-state index >= 15 is 0 Å². The molecule has 3 N–H and O–H groups in total. The lowest BCUT2D eigenvalue weighted by molar-refractivity contribution is 0.0691. The van der Waals surface area contributed by atoms with Gasteiger partial charge in [0.1, 0.15) is 5.82 Å². The van der Waals surface area contributed by atoms with Crippen LogP contribution in [0.4, 0.5) is 4.39 Å². The molecular formula is C24H20BrFN4O3S2. The first-order chi connectivity index (χ1) is 16.8. The number of halogens is 2. The maximum absolute atomic E-state index is 14.0. The molecule has 2 aromatic carbocycles. The Balaban J connectivity index is 1.66. The fourth-order valence-electron chi connectivity index (χ4n) is 3.92. The van der Waals surface area contributed by atoms with Crippen molar-refractivity contribution in [3.05, 3.63) is 80.6 Å². The largest absolute Gasteiger partial charge is 0.593 e. The van der Waals surface area contributed by atoms with Crippen molar-refractivity contribution in [2.24, 2.45) is 11.1 Å². The van der Waals surface area contributed by atoms with Gasteiger partial charge in [-0.15, -0.1) is 16.5 Å². The monoisotopic (exact) mass is 574 g/mol. The Kier molecular flexibility index (Phi) is 6.78. The van der Waals surface area contributed by atoms with E-state index in [9.17, 15) is 18.8 Å². The Morgan fingerprint density at radius 2 is 2.03 bits per heavy atom. The summed E-state index contributed by atoms with van der Waals surface area (Å²) in [7, 11) is 0. The third kappa shape index (κ3) is 5.19. The summed E-state index contributed by atoms with van der Waals surface area (Å²) in [5.74, 6) is -0.939. The molecule has 35 heavy (non-hydrogen) atoms. The average molecular weight is 575 g/mol. The van der Waals surface area contributed by atoms with Gasteiger partial charge < -0.3 is 9.66 Å². The highest BCUT2D eigenvalue weighted by Gasteiger charge is 2.29. The first kappa shape index (κ1) is 24.1. The van der Waals surface area contributed by atoms with Crippen molar-refractivity contribution in [3.8, 4) is 16.4 Å². The lowest BCUT2D eigenvalue weighted by atomic mass is 9.97. The van der Waals surface area contributed by atoms with Gasteiger partial charge in [0, 0.05) is 22.9 Å². The number of nitrogens with zero attached hydrogens (tertiary/aromatic N) is 3. The number of hydrogen-bond acceptors (Lipinski definition) is 6. The molecule has 0 spiro atoms. The Morgan fingerprint density at radius 3 is 2.63 bits per heavy atom. The number of carboxylic acid groups (broad SMARTS) is 1. The fraction of sp³-hybridized carbons (Fsp3) is 0.208. The van der Waals surface area contributed by atoms with Crippen molar-refractivity contribution in [2.45, 2.75) is 30.6 Å². The number of aromatic carboxylic acids is 1. The molecule has 1 unspecified atom stereocenters. The predicted molar refractivity (Wildman–Crippen MR) is 136 cm³/mol. The highest BCUT2D eigenvalue weighted by molar-refractivity contribution is 9.10. The maximum Gasteiger partial charge on any atom is 0.355 e. The molecule has 1 atom stereocenters. The van der Waals surface area contributed by atoms with Crippen LogP contribution in [0.15, 0.2) is 57.2 Å². The van der Waals surface area contributed by atoms with Crippen molar-refractivity contribution in [3.63, 3.8) is 0 Å². The number of aromatic nitrogens is 3. The third-order valence-corrected chi connectivity index (χ3v) is 8.05. The standard InChI is InChI=1S/C24H20BrFN4O3S2/c25-18-11-15(5-8-19(18)26)22-17(9-13-3-6-16(7-4-13)35(27)33)21(10-14-1-2-14)30(29-22)24-28-20(12-34-24)23(31)32/h3-8,11-12,14H,1-2,9-10,27H2,(H,31,32). The van der Waals surface area contributed by atoms with E-state index in [0.717, 1.165) is 41.6 Å². The molecule has 0 radical (unpaired) electrons. The van der Waals surface area contributed by atoms with Crippen LogP contribution in [0, 0.1) is 11.7 Å². The van der Waals surface area contributed by atoms with Gasteiger partial charge in [0.25, 0.3) is 0 Å². The van der Waals surface area contributed by atoms with E-state index in [1.807, 2.05) is 12.1 Å². The first-order valence-electron chi connectivity index (χ1n) is 10.8. The first-order valence-corrected chi connectivity index (χ1v) is 13.7. The van der Waals surface area contributed by atoms with Gasteiger partial charge in [0.15, 0.2) is 10.6 Å². The van der Waals surface area contributed by atoms with E-state index in [0.29, 0.717) is 32.5 Å². The smallest absolute Gasteiger partial charge is 0.355 e. The summed E-state index contributed by atoms with van der Waals surface area (Å²) in [6.45, 7) is 0.